The van der Waals surface area contributed by atoms with Crippen LogP contribution in [0, 0.1) is 0 Å². The molecule has 0 amide bonds. The Balaban J connectivity index is 1.33. The van der Waals surface area contributed by atoms with Crippen molar-refractivity contribution in [3.63, 3.8) is 0 Å². The molecule has 0 N–H and O–H groups in total. The highest BCUT2D eigenvalue weighted by Crippen LogP contribution is 2.36. The van der Waals surface area contributed by atoms with Gasteiger partial charge in [-0.05, 0) is 30.3 Å². The molecule has 158 valence electrons. The van der Waals surface area contributed by atoms with Gasteiger partial charge in [0.05, 0.1) is 18.8 Å². The summed E-state index contributed by atoms with van der Waals surface area (Å²) in [5.74, 6) is 0.0622. The molecule has 0 aliphatic carbocycles. The van der Waals surface area contributed by atoms with Gasteiger partial charge in [0, 0.05) is 41.9 Å². The highest BCUT2D eigenvalue weighted by molar-refractivity contribution is 7.91. The molecule has 2 aliphatic heterocycles. The molecule has 3 aromatic rings. The van der Waals surface area contributed by atoms with E-state index in [9.17, 15) is 8.42 Å². The number of piperidine rings is 1. The summed E-state index contributed by atoms with van der Waals surface area (Å²) in [6, 6.07) is 8.65. The van der Waals surface area contributed by atoms with Gasteiger partial charge < -0.3 is 14.0 Å². The summed E-state index contributed by atoms with van der Waals surface area (Å²) in [5, 5.41) is 6.31. The summed E-state index contributed by atoms with van der Waals surface area (Å²) in [6.45, 7) is 1.83. The molecule has 1 spiro atoms. The molecule has 8 nitrogen and oxygen atoms in total. The van der Waals surface area contributed by atoms with Crippen molar-refractivity contribution < 1.29 is 22.4 Å². The number of nitrogens with zero attached hydrogens (tertiary/aromatic N) is 3. The molecular weight excluding hydrogens is 450 g/mol. The molecule has 5 rings (SSSR count). The molecule has 2 aliphatic rings. The lowest BCUT2D eigenvalue weighted by Gasteiger charge is -2.36. The van der Waals surface area contributed by atoms with E-state index in [2.05, 4.69) is 10.1 Å². The van der Waals surface area contributed by atoms with E-state index in [0.717, 1.165) is 16.9 Å². The Kier molecular flexibility index (Phi) is 5.16. The molecule has 0 radical (unpaired) electrons. The summed E-state index contributed by atoms with van der Waals surface area (Å²) >= 11 is 7.05. The van der Waals surface area contributed by atoms with Crippen molar-refractivity contribution in [3.8, 4) is 22.8 Å². The molecule has 2 saturated heterocycles. The van der Waals surface area contributed by atoms with Crippen LogP contribution in [0.1, 0.15) is 12.8 Å². The summed E-state index contributed by atoms with van der Waals surface area (Å²) < 4.78 is 44.6. The van der Waals surface area contributed by atoms with Gasteiger partial charge in [-0.2, -0.15) is 9.29 Å². The van der Waals surface area contributed by atoms with Gasteiger partial charge in [-0.1, -0.05) is 16.8 Å². The minimum atomic E-state index is -3.61. The van der Waals surface area contributed by atoms with Crippen LogP contribution < -0.4 is 0 Å². The quantitative estimate of drug-likeness (QED) is 0.578. The second kappa shape index (κ2) is 7.70. The molecule has 0 bridgehead atoms. The van der Waals surface area contributed by atoms with Crippen molar-refractivity contribution in [2.75, 3.05) is 26.3 Å². The third-order valence-corrected chi connectivity index (χ3v) is 8.81. The topological polar surface area (TPSA) is 94.8 Å². The van der Waals surface area contributed by atoms with Crippen LogP contribution in [0.4, 0.5) is 0 Å². The second-order valence-corrected chi connectivity index (χ2v) is 10.6. The van der Waals surface area contributed by atoms with Crippen LogP contribution in [-0.2, 0) is 19.5 Å². The fourth-order valence-corrected chi connectivity index (χ4v) is 6.47. The van der Waals surface area contributed by atoms with E-state index in [-0.39, 0.29) is 10.1 Å². The van der Waals surface area contributed by atoms with Crippen LogP contribution in [0.25, 0.3) is 22.8 Å². The summed E-state index contributed by atoms with van der Waals surface area (Å²) in [6.07, 6.45) is 1.05. The van der Waals surface area contributed by atoms with Crippen LogP contribution >= 0.6 is 22.9 Å². The van der Waals surface area contributed by atoms with Crippen LogP contribution in [0.3, 0.4) is 0 Å². The third-order valence-electron chi connectivity index (χ3n) is 5.24. The monoisotopic (exact) mass is 467 g/mol. The lowest BCUT2D eigenvalue weighted by molar-refractivity contribution is -0.179. The predicted molar refractivity (Wildman–Crippen MR) is 111 cm³/mol. The van der Waals surface area contributed by atoms with E-state index < -0.39 is 15.8 Å². The second-order valence-electron chi connectivity index (χ2n) is 7.10. The number of hydrogen-bond acceptors (Lipinski definition) is 8. The SMILES string of the molecule is O=S(=O)(c1cc(-c2nc(-c3ccc(Cl)cc3)no2)cs1)N1CCC2(CC1)OCCO2. The average molecular weight is 468 g/mol. The van der Waals surface area contributed by atoms with Gasteiger partial charge in [0.1, 0.15) is 4.21 Å². The number of halogens is 1. The zero-order valence-corrected chi connectivity index (χ0v) is 18.2. The van der Waals surface area contributed by atoms with Crippen LogP contribution in [0.2, 0.25) is 5.02 Å². The third kappa shape index (κ3) is 3.68. The summed E-state index contributed by atoms with van der Waals surface area (Å²) in [4.78, 5) is 4.38. The van der Waals surface area contributed by atoms with E-state index in [1.165, 1.54) is 4.31 Å². The van der Waals surface area contributed by atoms with Crippen LogP contribution in [-0.4, -0.2) is 55.0 Å². The number of rotatable bonds is 4. The smallest absolute Gasteiger partial charge is 0.259 e. The summed E-state index contributed by atoms with van der Waals surface area (Å²) in [7, 11) is -3.61. The Morgan fingerprint density at radius 3 is 2.47 bits per heavy atom. The van der Waals surface area contributed by atoms with Crippen molar-refractivity contribution in [2.45, 2.75) is 22.8 Å². The highest BCUT2D eigenvalue weighted by Gasteiger charge is 2.43. The number of thiophene rings is 1. The van der Waals surface area contributed by atoms with Gasteiger partial charge in [-0.3, -0.25) is 0 Å². The zero-order chi connectivity index (χ0) is 20.8. The number of aromatic nitrogens is 2. The van der Waals surface area contributed by atoms with Crippen LogP contribution in [0.15, 0.2) is 44.4 Å². The van der Waals surface area contributed by atoms with Gasteiger partial charge in [0.15, 0.2) is 5.79 Å². The van der Waals surface area contributed by atoms with Gasteiger partial charge in [0.25, 0.3) is 15.9 Å². The molecule has 2 aromatic heterocycles. The Hall–Kier alpha value is -1.82. The maximum absolute atomic E-state index is 13.1. The van der Waals surface area contributed by atoms with Crippen molar-refractivity contribution in [1.82, 2.24) is 14.4 Å². The Morgan fingerprint density at radius 1 is 1.07 bits per heavy atom. The molecule has 0 unspecified atom stereocenters. The number of sulfonamides is 1. The Morgan fingerprint density at radius 2 is 1.77 bits per heavy atom. The number of benzene rings is 1. The zero-order valence-electron chi connectivity index (χ0n) is 15.8. The van der Waals surface area contributed by atoms with Gasteiger partial charge in [-0.25, -0.2) is 8.42 Å². The lowest BCUT2D eigenvalue weighted by Crippen LogP contribution is -2.47. The minimum Gasteiger partial charge on any atom is -0.347 e. The first-order valence-electron chi connectivity index (χ1n) is 9.42. The van der Waals surface area contributed by atoms with Crippen molar-refractivity contribution in [1.29, 1.82) is 0 Å². The first-order chi connectivity index (χ1) is 14.5. The molecule has 30 heavy (non-hydrogen) atoms. The maximum atomic E-state index is 13.1. The fourth-order valence-electron chi connectivity index (χ4n) is 3.60. The predicted octanol–water partition coefficient (Wildman–Crippen LogP) is 3.65. The van der Waals surface area contributed by atoms with E-state index in [4.69, 9.17) is 25.6 Å². The van der Waals surface area contributed by atoms with Crippen LogP contribution in [0.5, 0.6) is 0 Å². The van der Waals surface area contributed by atoms with Gasteiger partial charge in [0.2, 0.25) is 5.82 Å². The normalized spacial score (nSPS) is 19.5. The molecule has 4 heterocycles. The molecule has 11 heteroatoms. The standard InChI is InChI=1S/C19H18ClN3O5S2/c20-15-3-1-13(2-4-15)17-21-18(28-22-17)14-11-16(29-12-14)30(24,25)23-7-5-19(6-8-23)26-9-10-27-19/h1-4,11-12H,5-10H2. The largest absolute Gasteiger partial charge is 0.347 e. The molecule has 0 saturated carbocycles. The van der Waals surface area contributed by atoms with Gasteiger partial charge >= 0.3 is 0 Å². The first kappa shape index (κ1) is 20.1. The summed E-state index contributed by atoms with van der Waals surface area (Å²) in [5.41, 5.74) is 1.33. The highest BCUT2D eigenvalue weighted by atomic mass is 35.5. The molecular formula is C19H18ClN3O5S2. The molecule has 2 fully saturated rings. The Labute approximate surface area is 182 Å². The number of hydrogen-bond donors (Lipinski definition) is 0. The van der Waals surface area contributed by atoms with E-state index in [0.29, 0.717) is 55.6 Å². The average Bonchev–Trinajstić information content (AvgIpc) is 3.50. The molecule has 1 aromatic carbocycles. The Bertz CT molecular complexity index is 1140. The number of ether oxygens (including phenoxy) is 2. The van der Waals surface area contributed by atoms with E-state index >= 15 is 0 Å². The first-order valence-corrected chi connectivity index (χ1v) is 12.1. The fraction of sp³-hybridized carbons (Fsp3) is 0.368. The molecule has 0 atom stereocenters. The van der Waals surface area contributed by atoms with Gasteiger partial charge in [-0.15, -0.1) is 11.3 Å². The van der Waals surface area contributed by atoms with Crippen molar-refractivity contribution in [2.24, 2.45) is 0 Å². The van der Waals surface area contributed by atoms with Crippen molar-refractivity contribution in [3.05, 3.63) is 40.7 Å². The lowest BCUT2D eigenvalue weighted by atomic mass is 10.1. The maximum Gasteiger partial charge on any atom is 0.259 e. The van der Waals surface area contributed by atoms with E-state index in [1.807, 2.05) is 0 Å². The minimum absolute atomic E-state index is 0.243. The van der Waals surface area contributed by atoms with E-state index in [1.54, 1.807) is 35.7 Å². The van der Waals surface area contributed by atoms with Crippen molar-refractivity contribution >= 4 is 33.0 Å².